The molecule has 2 rings (SSSR count). The lowest BCUT2D eigenvalue weighted by atomic mass is 10.2. The van der Waals surface area contributed by atoms with E-state index in [1.54, 1.807) is 12.4 Å². The van der Waals surface area contributed by atoms with Crippen molar-refractivity contribution in [3.63, 3.8) is 0 Å². The fourth-order valence-electron chi connectivity index (χ4n) is 1.67. The fourth-order valence-corrected chi connectivity index (χ4v) is 2.34. The maximum absolute atomic E-state index is 6.18. The first-order valence-corrected chi connectivity index (χ1v) is 7.01. The lowest BCUT2D eigenvalue weighted by Crippen LogP contribution is -2.05. The highest BCUT2D eigenvalue weighted by Crippen LogP contribution is 2.26. The molecule has 1 N–H and O–H groups in total. The highest BCUT2D eigenvalue weighted by atomic mass is 79.9. The van der Waals surface area contributed by atoms with Crippen LogP contribution in [0.15, 0.2) is 41.1 Å². The molecule has 0 aliphatic heterocycles. The fraction of sp³-hybridized carbons (Fsp3) is 0.214. The lowest BCUT2D eigenvalue weighted by Gasteiger charge is -2.09. The molecule has 0 amide bonds. The van der Waals surface area contributed by atoms with Crippen molar-refractivity contribution in [3.8, 4) is 5.75 Å². The van der Waals surface area contributed by atoms with E-state index >= 15 is 0 Å². The number of pyridine rings is 1. The molecule has 2 aromatic rings. The third-order valence-corrected chi connectivity index (χ3v) is 3.26. The molecular formula is C14H14BrClN2O. The van der Waals surface area contributed by atoms with Gasteiger partial charge < -0.3 is 10.1 Å². The monoisotopic (exact) mass is 340 g/mol. The van der Waals surface area contributed by atoms with Gasteiger partial charge in [0.15, 0.2) is 0 Å². The zero-order chi connectivity index (χ0) is 13.7. The van der Waals surface area contributed by atoms with Gasteiger partial charge in [0.1, 0.15) is 12.4 Å². The molecule has 0 radical (unpaired) electrons. The molecule has 0 saturated carbocycles. The molecule has 1 aromatic heterocycles. The maximum Gasteiger partial charge on any atom is 0.138 e. The Kier molecular flexibility index (Phi) is 5.19. The third-order valence-electron chi connectivity index (χ3n) is 2.53. The van der Waals surface area contributed by atoms with Gasteiger partial charge in [-0.15, -0.1) is 0 Å². The predicted octanol–water partition coefficient (Wildman–Crippen LogP) is 3.80. The second kappa shape index (κ2) is 6.89. The summed E-state index contributed by atoms with van der Waals surface area (Å²) >= 11 is 9.56. The summed E-state index contributed by atoms with van der Waals surface area (Å²) < 4.78 is 6.63. The number of benzene rings is 1. The van der Waals surface area contributed by atoms with Crippen molar-refractivity contribution in [1.29, 1.82) is 0 Å². The number of rotatable bonds is 5. The predicted molar refractivity (Wildman–Crippen MR) is 80.5 cm³/mol. The van der Waals surface area contributed by atoms with Gasteiger partial charge in [-0.25, -0.2) is 0 Å². The van der Waals surface area contributed by atoms with E-state index < -0.39 is 0 Å². The van der Waals surface area contributed by atoms with Crippen LogP contribution in [0.2, 0.25) is 5.02 Å². The van der Waals surface area contributed by atoms with Gasteiger partial charge in [-0.2, -0.15) is 0 Å². The van der Waals surface area contributed by atoms with Crippen molar-refractivity contribution >= 4 is 27.5 Å². The molecule has 3 nitrogen and oxygen atoms in total. The summed E-state index contributed by atoms with van der Waals surface area (Å²) in [7, 11) is 1.90. The summed E-state index contributed by atoms with van der Waals surface area (Å²) in [5.41, 5.74) is 2.12. The van der Waals surface area contributed by atoms with Gasteiger partial charge >= 0.3 is 0 Å². The van der Waals surface area contributed by atoms with Crippen molar-refractivity contribution in [2.45, 2.75) is 13.2 Å². The molecular weight excluding hydrogens is 328 g/mol. The van der Waals surface area contributed by atoms with Gasteiger partial charge in [0.2, 0.25) is 0 Å². The highest BCUT2D eigenvalue weighted by Gasteiger charge is 2.04. The molecule has 0 atom stereocenters. The van der Waals surface area contributed by atoms with E-state index in [9.17, 15) is 0 Å². The number of nitrogens with one attached hydrogen (secondary N) is 1. The van der Waals surface area contributed by atoms with Crippen molar-refractivity contribution in [3.05, 3.63) is 57.3 Å². The Morgan fingerprint density at radius 2 is 2.11 bits per heavy atom. The molecule has 0 aliphatic carbocycles. The average molecular weight is 342 g/mol. The molecule has 0 bridgehead atoms. The molecule has 0 saturated heterocycles. The first-order valence-electron chi connectivity index (χ1n) is 5.84. The molecule has 0 unspecified atom stereocenters. The number of hydrogen-bond acceptors (Lipinski definition) is 3. The first-order chi connectivity index (χ1) is 9.19. The molecule has 5 heteroatoms. The average Bonchev–Trinajstić information content (AvgIpc) is 2.38. The van der Waals surface area contributed by atoms with E-state index in [1.807, 2.05) is 31.3 Å². The Morgan fingerprint density at radius 1 is 1.26 bits per heavy atom. The van der Waals surface area contributed by atoms with E-state index in [1.165, 1.54) is 0 Å². The summed E-state index contributed by atoms with van der Waals surface area (Å²) in [4.78, 5) is 4.09. The number of hydrogen-bond donors (Lipinski definition) is 1. The van der Waals surface area contributed by atoms with Crippen LogP contribution in [0.3, 0.4) is 0 Å². The highest BCUT2D eigenvalue weighted by molar-refractivity contribution is 9.10. The summed E-state index contributed by atoms with van der Waals surface area (Å²) in [5, 5.41) is 3.70. The molecule has 1 heterocycles. The summed E-state index contributed by atoms with van der Waals surface area (Å²) in [6.07, 6.45) is 3.51. The van der Waals surface area contributed by atoms with E-state index in [2.05, 4.69) is 26.2 Å². The largest absolute Gasteiger partial charge is 0.487 e. The number of halogens is 2. The van der Waals surface area contributed by atoms with Gasteiger partial charge in [0.05, 0.1) is 5.02 Å². The molecule has 100 valence electrons. The van der Waals surface area contributed by atoms with Crippen LogP contribution in [-0.2, 0) is 13.2 Å². The van der Waals surface area contributed by atoms with Gasteiger partial charge in [-0.05, 0) is 46.7 Å². The van der Waals surface area contributed by atoms with Gasteiger partial charge in [-0.1, -0.05) is 17.7 Å². The minimum atomic E-state index is 0.442. The number of nitrogens with zero attached hydrogens (tertiary/aromatic N) is 1. The molecule has 1 aromatic carbocycles. The van der Waals surface area contributed by atoms with Crippen LogP contribution in [-0.4, -0.2) is 12.0 Å². The van der Waals surface area contributed by atoms with Crippen molar-refractivity contribution in [2.75, 3.05) is 7.05 Å². The Labute approximate surface area is 126 Å². The van der Waals surface area contributed by atoms with Crippen molar-refractivity contribution in [2.24, 2.45) is 0 Å². The molecule has 0 fully saturated rings. The Morgan fingerprint density at radius 3 is 2.79 bits per heavy atom. The van der Waals surface area contributed by atoms with E-state index in [-0.39, 0.29) is 0 Å². The van der Waals surface area contributed by atoms with Crippen LogP contribution in [0.25, 0.3) is 0 Å². The van der Waals surface area contributed by atoms with Crippen LogP contribution in [0, 0.1) is 0 Å². The number of aromatic nitrogens is 1. The van der Waals surface area contributed by atoms with Crippen LogP contribution in [0.1, 0.15) is 11.1 Å². The molecule has 0 spiro atoms. The SMILES string of the molecule is CNCc1ccc(OCc2cncc(Br)c2)c(Cl)c1. The van der Waals surface area contributed by atoms with Gasteiger partial charge in [-0.3, -0.25) is 4.98 Å². The summed E-state index contributed by atoms with van der Waals surface area (Å²) in [6.45, 7) is 1.23. The van der Waals surface area contributed by atoms with Crippen molar-refractivity contribution in [1.82, 2.24) is 10.3 Å². The summed E-state index contributed by atoms with van der Waals surface area (Å²) in [5.74, 6) is 0.682. The first kappa shape index (κ1) is 14.3. The smallest absolute Gasteiger partial charge is 0.138 e. The lowest BCUT2D eigenvalue weighted by molar-refractivity contribution is 0.306. The normalized spacial score (nSPS) is 10.5. The number of ether oxygens (including phenoxy) is 1. The second-order valence-electron chi connectivity index (χ2n) is 4.10. The quantitative estimate of drug-likeness (QED) is 0.898. The van der Waals surface area contributed by atoms with Crippen LogP contribution in [0.5, 0.6) is 5.75 Å². The maximum atomic E-state index is 6.18. The summed E-state index contributed by atoms with van der Waals surface area (Å²) in [6, 6.07) is 7.76. The molecule has 19 heavy (non-hydrogen) atoms. The second-order valence-corrected chi connectivity index (χ2v) is 5.42. The van der Waals surface area contributed by atoms with Crippen LogP contribution < -0.4 is 10.1 Å². The standard InChI is InChI=1S/C14H14BrClN2O/c1-17-6-10-2-3-14(13(16)5-10)19-9-11-4-12(15)8-18-7-11/h2-5,7-8,17H,6,9H2,1H3. The van der Waals surface area contributed by atoms with Crippen LogP contribution >= 0.6 is 27.5 Å². The van der Waals surface area contributed by atoms with Crippen LogP contribution in [0.4, 0.5) is 0 Å². The van der Waals surface area contributed by atoms with Gasteiger partial charge in [0, 0.05) is 29.0 Å². The Bertz CT molecular complexity index is 563. The zero-order valence-electron chi connectivity index (χ0n) is 10.5. The van der Waals surface area contributed by atoms with E-state index in [0.717, 1.165) is 22.1 Å². The minimum Gasteiger partial charge on any atom is -0.487 e. The topological polar surface area (TPSA) is 34.1 Å². The van der Waals surface area contributed by atoms with Gasteiger partial charge in [0.25, 0.3) is 0 Å². The third kappa shape index (κ3) is 4.20. The molecule has 0 aliphatic rings. The van der Waals surface area contributed by atoms with E-state index in [0.29, 0.717) is 17.4 Å². The minimum absolute atomic E-state index is 0.442. The van der Waals surface area contributed by atoms with Crippen molar-refractivity contribution < 1.29 is 4.74 Å². The Balaban J connectivity index is 2.03. The van der Waals surface area contributed by atoms with E-state index in [4.69, 9.17) is 16.3 Å². The Hall–Kier alpha value is -1.10. The zero-order valence-corrected chi connectivity index (χ0v) is 12.8.